The fourth-order valence-corrected chi connectivity index (χ4v) is 2.30. The van der Waals surface area contributed by atoms with Crippen LogP contribution in [-0.4, -0.2) is 40.4 Å². The Balaban J connectivity index is 2.77. The summed E-state index contributed by atoms with van der Waals surface area (Å²) in [6.07, 6.45) is 1.09. The molecule has 0 fully saturated rings. The number of nitrogens with two attached hydrogens (primary N) is 1. The maximum atomic E-state index is 11.1. The highest BCUT2D eigenvalue weighted by molar-refractivity contribution is 7.88. The van der Waals surface area contributed by atoms with Gasteiger partial charge in [0.05, 0.1) is 12.8 Å². The third-order valence-electron chi connectivity index (χ3n) is 1.57. The smallest absolute Gasteiger partial charge is 0.240 e. The van der Waals surface area contributed by atoms with Gasteiger partial charge in [0.1, 0.15) is 0 Å². The van der Waals surface area contributed by atoms with Crippen LogP contribution >= 0.6 is 0 Å². The number of nitrogens with one attached hydrogen (secondary N) is 1. The first-order valence-electron chi connectivity index (χ1n) is 4.20. The summed E-state index contributed by atoms with van der Waals surface area (Å²) in [6.45, 7) is 3.70. The van der Waals surface area contributed by atoms with Gasteiger partial charge in [-0.1, -0.05) is 5.10 Å². The average molecular weight is 234 g/mol. The van der Waals surface area contributed by atoms with E-state index in [0.717, 1.165) is 6.26 Å². The molecule has 0 radical (unpaired) electrons. The number of rotatable bonds is 4. The average Bonchev–Trinajstić information content (AvgIpc) is 2.29. The van der Waals surface area contributed by atoms with Gasteiger partial charge < -0.3 is 5.73 Å². The SMILES string of the molecule is CC(C)(Cn1nnnc1N)NS(C)(=O)=O. The van der Waals surface area contributed by atoms with Gasteiger partial charge in [0, 0.05) is 5.54 Å². The second-order valence-electron chi connectivity index (χ2n) is 3.95. The Bertz CT molecular complexity index is 436. The zero-order valence-electron chi connectivity index (χ0n) is 8.80. The van der Waals surface area contributed by atoms with E-state index in [0.29, 0.717) is 0 Å². The standard InChI is InChI=1S/C6H14N6O2S/c1-6(2,9-15(3,13)14)4-12-5(7)8-10-11-12/h9H,4H2,1-3H3,(H2,7,8,11). The summed E-state index contributed by atoms with van der Waals surface area (Å²) in [5, 5.41) is 10.5. The van der Waals surface area contributed by atoms with E-state index in [1.54, 1.807) is 13.8 Å². The molecule has 1 rings (SSSR count). The maximum absolute atomic E-state index is 11.1. The molecular weight excluding hydrogens is 220 g/mol. The molecule has 0 aromatic carbocycles. The van der Waals surface area contributed by atoms with Crippen LogP contribution in [0.5, 0.6) is 0 Å². The first-order chi connectivity index (χ1) is 6.70. The Morgan fingerprint density at radius 3 is 2.53 bits per heavy atom. The number of hydrogen-bond donors (Lipinski definition) is 2. The lowest BCUT2D eigenvalue weighted by molar-refractivity contribution is 0.370. The summed E-state index contributed by atoms with van der Waals surface area (Å²) in [5.74, 6) is 0.151. The summed E-state index contributed by atoms with van der Waals surface area (Å²) in [4.78, 5) is 0. The van der Waals surface area contributed by atoms with Gasteiger partial charge in [-0.3, -0.25) is 0 Å². The van der Waals surface area contributed by atoms with Crippen LogP contribution in [0.4, 0.5) is 5.95 Å². The van der Waals surface area contributed by atoms with E-state index < -0.39 is 15.6 Å². The fraction of sp³-hybridized carbons (Fsp3) is 0.833. The van der Waals surface area contributed by atoms with Crippen molar-refractivity contribution in [2.75, 3.05) is 12.0 Å². The second-order valence-corrected chi connectivity index (χ2v) is 5.70. The van der Waals surface area contributed by atoms with Crippen molar-refractivity contribution in [2.24, 2.45) is 0 Å². The molecule has 0 bridgehead atoms. The molecule has 3 N–H and O–H groups in total. The minimum Gasteiger partial charge on any atom is -0.367 e. The molecule has 8 nitrogen and oxygen atoms in total. The fourth-order valence-electron chi connectivity index (χ4n) is 1.23. The molecule has 86 valence electrons. The predicted molar refractivity (Wildman–Crippen MR) is 54.3 cm³/mol. The largest absolute Gasteiger partial charge is 0.367 e. The van der Waals surface area contributed by atoms with E-state index in [9.17, 15) is 8.42 Å². The van der Waals surface area contributed by atoms with Crippen molar-refractivity contribution >= 4 is 16.0 Å². The summed E-state index contributed by atoms with van der Waals surface area (Å²) < 4.78 is 25.9. The van der Waals surface area contributed by atoms with Crippen LogP contribution in [0.1, 0.15) is 13.8 Å². The van der Waals surface area contributed by atoms with Crippen molar-refractivity contribution in [3.63, 3.8) is 0 Å². The van der Waals surface area contributed by atoms with Gasteiger partial charge in [-0.15, -0.1) is 0 Å². The summed E-state index contributed by atoms with van der Waals surface area (Å²) >= 11 is 0. The molecule has 0 aliphatic rings. The lowest BCUT2D eigenvalue weighted by Crippen LogP contribution is -2.46. The number of sulfonamides is 1. The predicted octanol–water partition coefficient (Wildman–Crippen LogP) is -1.42. The van der Waals surface area contributed by atoms with E-state index in [-0.39, 0.29) is 12.5 Å². The highest BCUT2D eigenvalue weighted by Crippen LogP contribution is 2.08. The van der Waals surface area contributed by atoms with Crippen LogP contribution in [0.25, 0.3) is 0 Å². The molecule has 15 heavy (non-hydrogen) atoms. The van der Waals surface area contributed by atoms with Crippen LogP contribution in [-0.2, 0) is 16.6 Å². The molecule has 0 spiro atoms. The van der Waals surface area contributed by atoms with Crippen molar-refractivity contribution in [1.82, 2.24) is 24.9 Å². The first kappa shape index (κ1) is 11.9. The lowest BCUT2D eigenvalue weighted by Gasteiger charge is -2.24. The Labute approximate surface area is 87.9 Å². The van der Waals surface area contributed by atoms with Crippen molar-refractivity contribution in [3.8, 4) is 0 Å². The highest BCUT2D eigenvalue weighted by atomic mass is 32.2. The third-order valence-corrected chi connectivity index (χ3v) is 2.49. The summed E-state index contributed by atoms with van der Waals surface area (Å²) in [7, 11) is -3.27. The molecule has 0 atom stereocenters. The molecule has 0 amide bonds. The number of hydrogen-bond acceptors (Lipinski definition) is 6. The van der Waals surface area contributed by atoms with Crippen molar-refractivity contribution in [3.05, 3.63) is 0 Å². The molecular formula is C6H14N6O2S. The molecule has 0 unspecified atom stereocenters. The molecule has 0 saturated carbocycles. The van der Waals surface area contributed by atoms with Crippen molar-refractivity contribution < 1.29 is 8.42 Å². The Morgan fingerprint density at radius 1 is 1.53 bits per heavy atom. The number of tetrazole rings is 1. The van der Waals surface area contributed by atoms with Gasteiger partial charge in [0.15, 0.2) is 0 Å². The van der Waals surface area contributed by atoms with Gasteiger partial charge in [-0.2, -0.15) is 0 Å². The zero-order valence-corrected chi connectivity index (χ0v) is 9.61. The monoisotopic (exact) mass is 234 g/mol. The Hall–Kier alpha value is -1.22. The van der Waals surface area contributed by atoms with E-state index >= 15 is 0 Å². The number of nitrogen functional groups attached to an aromatic ring is 1. The van der Waals surface area contributed by atoms with Crippen LogP contribution in [0, 0.1) is 0 Å². The number of anilines is 1. The molecule has 1 aromatic rings. The topological polar surface area (TPSA) is 116 Å². The van der Waals surface area contributed by atoms with Gasteiger partial charge in [0.2, 0.25) is 16.0 Å². The minimum absolute atomic E-state index is 0.151. The quantitative estimate of drug-likeness (QED) is 0.660. The first-order valence-corrected chi connectivity index (χ1v) is 6.09. The van der Waals surface area contributed by atoms with E-state index in [2.05, 4.69) is 20.2 Å². The van der Waals surface area contributed by atoms with Crippen LogP contribution in [0.15, 0.2) is 0 Å². The summed E-state index contributed by atoms with van der Waals surface area (Å²) in [5.41, 5.74) is 4.76. The van der Waals surface area contributed by atoms with Crippen LogP contribution in [0.2, 0.25) is 0 Å². The van der Waals surface area contributed by atoms with Gasteiger partial charge in [-0.05, 0) is 24.3 Å². The van der Waals surface area contributed by atoms with E-state index in [1.165, 1.54) is 4.68 Å². The third kappa shape index (κ3) is 3.80. The lowest BCUT2D eigenvalue weighted by atomic mass is 10.1. The maximum Gasteiger partial charge on any atom is 0.240 e. The van der Waals surface area contributed by atoms with Crippen LogP contribution in [0.3, 0.4) is 0 Å². The zero-order chi connectivity index (χ0) is 11.7. The van der Waals surface area contributed by atoms with Crippen LogP contribution < -0.4 is 10.5 Å². The molecule has 0 aliphatic carbocycles. The van der Waals surface area contributed by atoms with Crippen molar-refractivity contribution in [1.29, 1.82) is 0 Å². The molecule has 1 heterocycles. The molecule has 9 heteroatoms. The van der Waals surface area contributed by atoms with Gasteiger partial charge in [-0.25, -0.2) is 17.8 Å². The molecule has 0 aliphatic heterocycles. The number of aromatic nitrogens is 4. The van der Waals surface area contributed by atoms with Gasteiger partial charge >= 0.3 is 0 Å². The Morgan fingerprint density at radius 2 is 2.13 bits per heavy atom. The molecule has 1 aromatic heterocycles. The van der Waals surface area contributed by atoms with E-state index in [1.807, 2.05) is 0 Å². The molecule has 0 saturated heterocycles. The minimum atomic E-state index is -3.27. The second kappa shape index (κ2) is 3.74. The summed E-state index contributed by atoms with van der Waals surface area (Å²) in [6, 6.07) is 0. The normalized spacial score (nSPS) is 13.0. The van der Waals surface area contributed by atoms with Crippen molar-refractivity contribution in [2.45, 2.75) is 25.9 Å². The van der Waals surface area contributed by atoms with E-state index in [4.69, 9.17) is 5.73 Å². The van der Waals surface area contributed by atoms with Gasteiger partial charge in [0.25, 0.3) is 0 Å². The Kier molecular flexibility index (Phi) is 2.95. The number of nitrogens with zero attached hydrogens (tertiary/aromatic N) is 4. The highest BCUT2D eigenvalue weighted by Gasteiger charge is 2.24.